The molecule has 0 atom stereocenters. The van der Waals surface area contributed by atoms with Gasteiger partial charge >= 0.3 is 0 Å². The number of carbonyl (C=O) groups is 1. The van der Waals surface area contributed by atoms with Gasteiger partial charge in [0.25, 0.3) is 5.97 Å². The van der Waals surface area contributed by atoms with Crippen LogP contribution in [0, 0.1) is 0 Å². The van der Waals surface area contributed by atoms with Gasteiger partial charge < -0.3 is 15.3 Å². The van der Waals surface area contributed by atoms with Crippen molar-refractivity contribution in [3.63, 3.8) is 0 Å². The zero-order valence-electron chi connectivity index (χ0n) is 12.0. The first-order valence-corrected chi connectivity index (χ1v) is 7.10. The molecule has 4 nitrogen and oxygen atoms in total. The minimum absolute atomic E-state index is 0.125. The molecule has 0 spiro atoms. The van der Waals surface area contributed by atoms with E-state index in [9.17, 15) is 0 Å². The van der Waals surface area contributed by atoms with Crippen molar-refractivity contribution in [3.05, 3.63) is 58.6 Å². The van der Waals surface area contributed by atoms with E-state index in [0.29, 0.717) is 10.0 Å². The van der Waals surface area contributed by atoms with E-state index in [1.54, 1.807) is 6.07 Å². The number of aliphatic hydroxyl groups excluding tert-OH is 2. The maximum Gasteiger partial charge on any atom is 0.300 e. The number of carboxylic acid groups (broad SMARTS) is 1. The lowest BCUT2D eigenvalue weighted by Gasteiger charge is -2.04. The van der Waals surface area contributed by atoms with E-state index in [2.05, 4.69) is 0 Å². The second kappa shape index (κ2) is 12.0. The van der Waals surface area contributed by atoms with Crippen molar-refractivity contribution >= 4 is 29.2 Å². The highest BCUT2D eigenvalue weighted by molar-refractivity contribution is 6.43. The fourth-order valence-corrected chi connectivity index (χ4v) is 1.75. The lowest BCUT2D eigenvalue weighted by molar-refractivity contribution is -0.134. The summed E-state index contributed by atoms with van der Waals surface area (Å²) in [6.45, 7) is 0.833. The highest BCUT2D eigenvalue weighted by Gasteiger charge is 2.05. The van der Waals surface area contributed by atoms with Gasteiger partial charge in [-0.15, -0.1) is 0 Å². The van der Waals surface area contributed by atoms with Crippen LogP contribution in [0.15, 0.2) is 48.5 Å². The molecule has 0 aliphatic rings. The molecule has 6 heteroatoms. The van der Waals surface area contributed by atoms with Crippen molar-refractivity contribution in [2.45, 2.75) is 6.92 Å². The Morgan fingerprint density at radius 1 is 0.955 bits per heavy atom. The molecule has 0 aliphatic heterocycles. The molecule has 0 fully saturated rings. The predicted molar refractivity (Wildman–Crippen MR) is 89.4 cm³/mol. The number of hydrogen-bond acceptors (Lipinski definition) is 3. The molecular formula is C16H18Cl2O4. The molecule has 2 aromatic carbocycles. The molecule has 0 amide bonds. The average Bonchev–Trinajstić information content (AvgIpc) is 2.50. The molecule has 2 aromatic rings. The first-order chi connectivity index (χ1) is 10.4. The normalized spacial score (nSPS) is 8.95. The van der Waals surface area contributed by atoms with Crippen molar-refractivity contribution < 1.29 is 20.1 Å². The van der Waals surface area contributed by atoms with Crippen LogP contribution in [-0.2, 0) is 4.79 Å². The topological polar surface area (TPSA) is 77.8 Å². The Labute approximate surface area is 139 Å². The number of rotatable bonds is 2. The minimum Gasteiger partial charge on any atom is -0.481 e. The molecule has 0 aromatic heterocycles. The van der Waals surface area contributed by atoms with Crippen molar-refractivity contribution in [2.24, 2.45) is 0 Å². The average molecular weight is 345 g/mol. The third kappa shape index (κ3) is 8.64. The van der Waals surface area contributed by atoms with Gasteiger partial charge in [0.1, 0.15) is 0 Å². The summed E-state index contributed by atoms with van der Waals surface area (Å²) in [5, 5.41) is 23.9. The zero-order valence-corrected chi connectivity index (χ0v) is 13.6. The monoisotopic (exact) mass is 344 g/mol. The number of hydrogen-bond donors (Lipinski definition) is 3. The predicted octanol–water partition coefficient (Wildman–Crippen LogP) is 3.72. The summed E-state index contributed by atoms with van der Waals surface area (Å²) < 4.78 is 0. The SMILES string of the molecule is CC(=O)O.Clc1cccc(-c2ccccc2)c1Cl.OCCO. The number of aliphatic carboxylic acids is 1. The zero-order chi connectivity index (χ0) is 17.0. The van der Waals surface area contributed by atoms with E-state index in [1.165, 1.54) is 0 Å². The highest BCUT2D eigenvalue weighted by atomic mass is 35.5. The van der Waals surface area contributed by atoms with Crippen LogP contribution in [0.4, 0.5) is 0 Å². The Hall–Kier alpha value is -1.59. The van der Waals surface area contributed by atoms with Crippen LogP contribution in [0.5, 0.6) is 0 Å². The van der Waals surface area contributed by atoms with Crippen LogP contribution in [0.2, 0.25) is 10.0 Å². The quantitative estimate of drug-likeness (QED) is 0.775. The van der Waals surface area contributed by atoms with Crippen molar-refractivity contribution in [1.29, 1.82) is 0 Å². The Kier molecular flexibility index (Phi) is 11.1. The molecule has 0 bridgehead atoms. The van der Waals surface area contributed by atoms with E-state index >= 15 is 0 Å². The van der Waals surface area contributed by atoms with Gasteiger partial charge in [-0.1, -0.05) is 65.7 Å². The fourth-order valence-electron chi connectivity index (χ4n) is 1.34. The lowest BCUT2D eigenvalue weighted by Crippen LogP contribution is -1.85. The number of benzene rings is 2. The van der Waals surface area contributed by atoms with Crippen molar-refractivity contribution in [3.8, 4) is 11.1 Å². The van der Waals surface area contributed by atoms with Gasteiger partial charge in [-0.05, 0) is 11.6 Å². The maximum absolute atomic E-state index is 9.00. The molecule has 2 rings (SSSR count). The molecule has 0 saturated carbocycles. The highest BCUT2D eigenvalue weighted by Crippen LogP contribution is 2.32. The summed E-state index contributed by atoms with van der Waals surface area (Å²) in [7, 11) is 0. The Morgan fingerprint density at radius 2 is 1.45 bits per heavy atom. The smallest absolute Gasteiger partial charge is 0.300 e. The number of carboxylic acids is 1. The first-order valence-electron chi connectivity index (χ1n) is 6.34. The van der Waals surface area contributed by atoms with E-state index in [4.69, 9.17) is 43.3 Å². The Bertz CT molecular complexity index is 553. The first kappa shape index (κ1) is 20.4. The van der Waals surface area contributed by atoms with Crippen molar-refractivity contribution in [2.75, 3.05) is 13.2 Å². The molecular weight excluding hydrogens is 327 g/mol. The van der Waals surface area contributed by atoms with Crippen LogP contribution >= 0.6 is 23.2 Å². The Morgan fingerprint density at radius 3 is 1.91 bits per heavy atom. The van der Waals surface area contributed by atoms with Gasteiger partial charge in [0.2, 0.25) is 0 Å². The Balaban J connectivity index is 0.000000464. The third-order valence-electron chi connectivity index (χ3n) is 2.14. The van der Waals surface area contributed by atoms with Crippen LogP contribution in [-0.4, -0.2) is 34.5 Å². The van der Waals surface area contributed by atoms with Gasteiger partial charge in [-0.2, -0.15) is 0 Å². The van der Waals surface area contributed by atoms with Gasteiger partial charge in [0, 0.05) is 12.5 Å². The van der Waals surface area contributed by atoms with E-state index in [-0.39, 0.29) is 13.2 Å². The molecule has 0 heterocycles. The summed E-state index contributed by atoms with van der Waals surface area (Å²) >= 11 is 12.0. The van der Waals surface area contributed by atoms with Crippen LogP contribution in [0.3, 0.4) is 0 Å². The molecule has 0 unspecified atom stereocenters. The summed E-state index contributed by atoms with van der Waals surface area (Å²) in [5.41, 5.74) is 2.06. The van der Waals surface area contributed by atoms with E-state index < -0.39 is 5.97 Å². The maximum atomic E-state index is 9.00. The fraction of sp³-hybridized carbons (Fsp3) is 0.188. The van der Waals surface area contributed by atoms with E-state index in [0.717, 1.165) is 18.1 Å². The van der Waals surface area contributed by atoms with Gasteiger partial charge in [-0.3, -0.25) is 4.79 Å². The lowest BCUT2D eigenvalue weighted by atomic mass is 10.1. The molecule has 0 saturated heterocycles. The van der Waals surface area contributed by atoms with Gasteiger partial charge in [-0.25, -0.2) is 0 Å². The summed E-state index contributed by atoms with van der Waals surface area (Å²) in [6, 6.07) is 15.6. The number of aliphatic hydroxyl groups is 2. The summed E-state index contributed by atoms with van der Waals surface area (Å²) in [6.07, 6.45) is 0. The van der Waals surface area contributed by atoms with Gasteiger partial charge in [0.05, 0.1) is 23.3 Å². The van der Waals surface area contributed by atoms with Crippen LogP contribution in [0.1, 0.15) is 6.92 Å². The summed E-state index contributed by atoms with van der Waals surface area (Å²) in [5.74, 6) is -0.833. The largest absolute Gasteiger partial charge is 0.481 e. The number of halogens is 2. The minimum atomic E-state index is -0.833. The standard InChI is InChI=1S/C12H8Cl2.C2H4O2.C2H6O2/c13-11-8-4-7-10(12(11)14)9-5-2-1-3-6-9;1-2(3)4;3-1-2-4/h1-8H;1H3,(H,3,4);3-4H,1-2H2. The molecule has 0 radical (unpaired) electrons. The summed E-state index contributed by atoms with van der Waals surface area (Å²) in [4.78, 5) is 9.00. The van der Waals surface area contributed by atoms with Crippen LogP contribution in [0.25, 0.3) is 11.1 Å². The van der Waals surface area contributed by atoms with Gasteiger partial charge in [0.15, 0.2) is 0 Å². The second-order valence-electron chi connectivity index (χ2n) is 3.93. The molecule has 0 aliphatic carbocycles. The molecule has 120 valence electrons. The van der Waals surface area contributed by atoms with Crippen LogP contribution < -0.4 is 0 Å². The molecule has 22 heavy (non-hydrogen) atoms. The van der Waals surface area contributed by atoms with E-state index in [1.807, 2.05) is 42.5 Å². The van der Waals surface area contributed by atoms with Crippen molar-refractivity contribution in [1.82, 2.24) is 0 Å². The second-order valence-corrected chi connectivity index (χ2v) is 4.72. The molecule has 3 N–H and O–H groups in total. The third-order valence-corrected chi connectivity index (χ3v) is 2.96.